The molecule has 2 atom stereocenters. The van der Waals surface area contributed by atoms with Crippen LogP contribution in [0.1, 0.15) is 36.7 Å². The van der Waals surface area contributed by atoms with Gasteiger partial charge in [-0.05, 0) is 36.8 Å². The van der Waals surface area contributed by atoms with Crippen molar-refractivity contribution in [2.75, 3.05) is 13.7 Å². The maximum Gasteiger partial charge on any atom is 0.142 e. The second kappa shape index (κ2) is 6.14. The number of pyridine rings is 1. The molecule has 1 aromatic carbocycles. The fourth-order valence-corrected chi connectivity index (χ4v) is 2.66. The van der Waals surface area contributed by atoms with Gasteiger partial charge in [-0.25, -0.2) is 0 Å². The molecule has 0 spiro atoms. The first-order valence-electron chi connectivity index (χ1n) is 7.25. The molecule has 2 aromatic rings. The van der Waals surface area contributed by atoms with Gasteiger partial charge in [-0.15, -0.1) is 0 Å². The van der Waals surface area contributed by atoms with Crippen LogP contribution in [0.3, 0.4) is 0 Å². The van der Waals surface area contributed by atoms with Crippen LogP contribution in [0.5, 0.6) is 11.5 Å². The number of nitrogens with one attached hydrogen (secondary N) is 1. The molecular formula is C17H20N2O2. The van der Waals surface area contributed by atoms with Gasteiger partial charge in [0, 0.05) is 18.7 Å². The van der Waals surface area contributed by atoms with Gasteiger partial charge >= 0.3 is 0 Å². The zero-order chi connectivity index (χ0) is 14.7. The largest absolute Gasteiger partial charge is 0.497 e. The number of methoxy groups -OCH3 is 1. The highest BCUT2D eigenvalue weighted by molar-refractivity contribution is 5.32. The van der Waals surface area contributed by atoms with Crippen LogP contribution in [0, 0.1) is 0 Å². The standard InChI is InChI=1S/C17H20N2O2/c1-12(13-5-7-14(20-2)8-6-13)19-15-9-11-21-16-4-3-10-18-17(15)16/h3-8,10,12,15,19H,9,11H2,1-2H3/t12-,15?/m0/s1. The van der Waals surface area contributed by atoms with Gasteiger partial charge in [0.1, 0.15) is 11.5 Å². The topological polar surface area (TPSA) is 43.4 Å². The molecular weight excluding hydrogens is 264 g/mol. The lowest BCUT2D eigenvalue weighted by molar-refractivity contribution is 0.241. The molecule has 4 nitrogen and oxygen atoms in total. The zero-order valence-electron chi connectivity index (χ0n) is 12.4. The number of fused-ring (bicyclic) bond motifs is 1. The van der Waals surface area contributed by atoms with E-state index in [4.69, 9.17) is 9.47 Å². The summed E-state index contributed by atoms with van der Waals surface area (Å²) in [4.78, 5) is 4.47. The number of aromatic nitrogens is 1. The Morgan fingerprint density at radius 1 is 1.29 bits per heavy atom. The summed E-state index contributed by atoms with van der Waals surface area (Å²) in [7, 11) is 1.68. The minimum atomic E-state index is 0.229. The Labute approximate surface area is 125 Å². The van der Waals surface area contributed by atoms with Crippen molar-refractivity contribution < 1.29 is 9.47 Å². The summed E-state index contributed by atoms with van der Waals surface area (Å²) in [6.07, 6.45) is 2.75. The highest BCUT2D eigenvalue weighted by atomic mass is 16.5. The number of hydrogen-bond acceptors (Lipinski definition) is 4. The minimum Gasteiger partial charge on any atom is -0.497 e. The molecule has 2 heterocycles. The first kappa shape index (κ1) is 13.9. The third-order valence-corrected chi connectivity index (χ3v) is 3.86. The van der Waals surface area contributed by atoms with Gasteiger partial charge in [0.15, 0.2) is 0 Å². The Bertz CT molecular complexity index is 598. The monoisotopic (exact) mass is 284 g/mol. The van der Waals surface area contributed by atoms with Gasteiger partial charge in [0.25, 0.3) is 0 Å². The summed E-state index contributed by atoms with van der Waals surface area (Å²) in [5.74, 6) is 1.77. The Balaban J connectivity index is 1.74. The number of ether oxygens (including phenoxy) is 2. The minimum absolute atomic E-state index is 0.229. The summed E-state index contributed by atoms with van der Waals surface area (Å²) in [6, 6.07) is 12.5. The van der Waals surface area contributed by atoms with Crippen molar-refractivity contribution in [2.24, 2.45) is 0 Å². The van der Waals surface area contributed by atoms with E-state index in [1.165, 1.54) is 5.56 Å². The Hall–Kier alpha value is -2.07. The Morgan fingerprint density at radius 2 is 2.10 bits per heavy atom. The molecule has 1 aromatic heterocycles. The van der Waals surface area contributed by atoms with Crippen molar-refractivity contribution in [3.8, 4) is 11.5 Å². The summed E-state index contributed by atoms with van der Waals surface area (Å²) in [6.45, 7) is 2.89. The highest BCUT2D eigenvalue weighted by Crippen LogP contribution is 2.31. The summed E-state index contributed by atoms with van der Waals surface area (Å²) < 4.78 is 10.9. The molecule has 1 unspecified atom stereocenters. The average Bonchev–Trinajstić information content (AvgIpc) is 2.55. The molecule has 110 valence electrons. The van der Waals surface area contributed by atoms with Gasteiger partial charge in [-0.3, -0.25) is 4.98 Å². The van der Waals surface area contributed by atoms with E-state index in [0.29, 0.717) is 0 Å². The summed E-state index contributed by atoms with van der Waals surface area (Å²) in [5, 5.41) is 3.65. The lowest BCUT2D eigenvalue weighted by atomic mass is 10.0. The molecule has 3 rings (SSSR count). The number of rotatable bonds is 4. The van der Waals surface area contributed by atoms with Crippen molar-refractivity contribution in [2.45, 2.75) is 25.4 Å². The number of nitrogens with zero attached hydrogens (tertiary/aromatic N) is 1. The smallest absolute Gasteiger partial charge is 0.142 e. The fourth-order valence-electron chi connectivity index (χ4n) is 2.66. The highest BCUT2D eigenvalue weighted by Gasteiger charge is 2.24. The van der Waals surface area contributed by atoms with E-state index in [1.54, 1.807) is 7.11 Å². The van der Waals surface area contributed by atoms with E-state index in [0.717, 1.165) is 30.2 Å². The second-order valence-electron chi connectivity index (χ2n) is 5.24. The van der Waals surface area contributed by atoms with Crippen LogP contribution in [0.2, 0.25) is 0 Å². The molecule has 1 aliphatic heterocycles. The average molecular weight is 284 g/mol. The quantitative estimate of drug-likeness (QED) is 0.936. The van der Waals surface area contributed by atoms with Crippen LogP contribution in [0.15, 0.2) is 42.6 Å². The van der Waals surface area contributed by atoms with Crippen molar-refractivity contribution in [3.63, 3.8) is 0 Å². The van der Waals surface area contributed by atoms with Crippen LogP contribution in [-0.2, 0) is 0 Å². The van der Waals surface area contributed by atoms with Crippen LogP contribution >= 0.6 is 0 Å². The van der Waals surface area contributed by atoms with Crippen LogP contribution < -0.4 is 14.8 Å². The summed E-state index contributed by atoms with van der Waals surface area (Å²) >= 11 is 0. The normalized spacial score (nSPS) is 18.5. The van der Waals surface area contributed by atoms with Crippen molar-refractivity contribution in [1.29, 1.82) is 0 Å². The first-order valence-corrected chi connectivity index (χ1v) is 7.25. The SMILES string of the molecule is COc1ccc([C@H](C)NC2CCOc3cccnc32)cc1. The van der Waals surface area contributed by atoms with E-state index in [1.807, 2.05) is 30.5 Å². The molecule has 0 aliphatic carbocycles. The van der Waals surface area contributed by atoms with E-state index in [9.17, 15) is 0 Å². The third kappa shape index (κ3) is 3.00. The Kier molecular flexibility index (Phi) is 4.06. The molecule has 21 heavy (non-hydrogen) atoms. The molecule has 1 aliphatic rings. The second-order valence-corrected chi connectivity index (χ2v) is 5.24. The zero-order valence-corrected chi connectivity index (χ0v) is 12.4. The van der Waals surface area contributed by atoms with Crippen molar-refractivity contribution in [3.05, 3.63) is 53.9 Å². The molecule has 0 amide bonds. The molecule has 0 saturated heterocycles. The number of benzene rings is 1. The van der Waals surface area contributed by atoms with Crippen LogP contribution in [0.25, 0.3) is 0 Å². The predicted octanol–water partition coefficient (Wildman–Crippen LogP) is 3.26. The Morgan fingerprint density at radius 3 is 2.86 bits per heavy atom. The van der Waals surface area contributed by atoms with E-state index < -0.39 is 0 Å². The van der Waals surface area contributed by atoms with Gasteiger partial charge in [0.05, 0.1) is 25.5 Å². The lowest BCUT2D eigenvalue weighted by Gasteiger charge is -2.28. The first-order chi connectivity index (χ1) is 10.3. The predicted molar refractivity (Wildman–Crippen MR) is 81.6 cm³/mol. The van der Waals surface area contributed by atoms with Gasteiger partial charge < -0.3 is 14.8 Å². The van der Waals surface area contributed by atoms with Crippen molar-refractivity contribution >= 4 is 0 Å². The van der Waals surface area contributed by atoms with Crippen LogP contribution in [0.4, 0.5) is 0 Å². The molecule has 0 radical (unpaired) electrons. The van der Waals surface area contributed by atoms with E-state index in [-0.39, 0.29) is 12.1 Å². The van der Waals surface area contributed by atoms with E-state index in [2.05, 4.69) is 29.4 Å². The molecule has 0 saturated carbocycles. The molecule has 0 bridgehead atoms. The van der Waals surface area contributed by atoms with Crippen molar-refractivity contribution in [1.82, 2.24) is 10.3 Å². The van der Waals surface area contributed by atoms with Crippen LogP contribution in [-0.4, -0.2) is 18.7 Å². The van der Waals surface area contributed by atoms with E-state index >= 15 is 0 Å². The fraction of sp³-hybridized carbons (Fsp3) is 0.353. The molecule has 4 heteroatoms. The maximum absolute atomic E-state index is 5.65. The van der Waals surface area contributed by atoms with Gasteiger partial charge in [-0.2, -0.15) is 0 Å². The van der Waals surface area contributed by atoms with Gasteiger partial charge in [-0.1, -0.05) is 12.1 Å². The summed E-state index contributed by atoms with van der Waals surface area (Å²) in [5.41, 5.74) is 2.24. The molecule has 1 N–H and O–H groups in total. The molecule has 0 fully saturated rings. The maximum atomic E-state index is 5.65. The number of hydrogen-bond donors (Lipinski definition) is 1. The van der Waals surface area contributed by atoms with Gasteiger partial charge in [0.2, 0.25) is 0 Å². The third-order valence-electron chi connectivity index (χ3n) is 3.86. The lowest BCUT2D eigenvalue weighted by Crippen LogP contribution is -2.30.